The fraction of sp³-hybridized carbons (Fsp3) is 0.533. The molecule has 3 N–H and O–H groups in total. The second-order valence-electron chi connectivity index (χ2n) is 5.25. The third-order valence-electron chi connectivity index (χ3n) is 3.67. The average molecular weight is 340 g/mol. The summed E-state index contributed by atoms with van der Waals surface area (Å²) in [7, 11) is 0. The number of nitrogen functional groups attached to an aromatic ring is 1. The van der Waals surface area contributed by atoms with Crippen LogP contribution in [-0.4, -0.2) is 37.0 Å². The van der Waals surface area contributed by atoms with Gasteiger partial charge in [-0.1, -0.05) is 12.8 Å². The van der Waals surface area contributed by atoms with Gasteiger partial charge in [0.25, 0.3) is 5.91 Å². The first-order valence-corrected chi connectivity index (χ1v) is 8.02. The minimum absolute atomic E-state index is 0.0412. The van der Waals surface area contributed by atoms with Gasteiger partial charge in [-0.25, -0.2) is 0 Å². The molecule has 110 valence electrons. The summed E-state index contributed by atoms with van der Waals surface area (Å²) in [5.74, 6) is -0.0412. The zero-order valence-electron chi connectivity index (χ0n) is 11.7. The fourth-order valence-electron chi connectivity index (χ4n) is 2.46. The molecule has 0 aromatic heterocycles. The lowest BCUT2D eigenvalue weighted by Gasteiger charge is -2.19. The van der Waals surface area contributed by atoms with Gasteiger partial charge in [0.15, 0.2) is 0 Å². The van der Waals surface area contributed by atoms with Crippen LogP contribution < -0.4 is 11.1 Å². The highest BCUT2D eigenvalue weighted by molar-refractivity contribution is 9.10. The maximum atomic E-state index is 12.0. The van der Waals surface area contributed by atoms with E-state index in [1.54, 1.807) is 18.2 Å². The number of hydrogen-bond donors (Lipinski definition) is 2. The number of likely N-dealkylation sites (tertiary alicyclic amines) is 1. The molecular weight excluding hydrogens is 318 g/mol. The molecule has 0 atom stereocenters. The van der Waals surface area contributed by atoms with Gasteiger partial charge in [0, 0.05) is 28.8 Å². The van der Waals surface area contributed by atoms with Crippen molar-refractivity contribution in [1.29, 1.82) is 0 Å². The second-order valence-corrected chi connectivity index (χ2v) is 6.10. The van der Waals surface area contributed by atoms with E-state index in [2.05, 4.69) is 26.1 Å². The standard InChI is InChI=1S/C15H22BrN3O/c16-13-11-12(5-6-14(13)17)15(20)18-7-10-19-8-3-1-2-4-9-19/h5-6,11H,1-4,7-10,17H2,(H,18,20). The normalized spacial score (nSPS) is 16.6. The van der Waals surface area contributed by atoms with Crippen LogP contribution in [0.4, 0.5) is 5.69 Å². The van der Waals surface area contributed by atoms with Crippen molar-refractivity contribution in [2.75, 3.05) is 31.9 Å². The molecule has 1 heterocycles. The molecule has 1 saturated heterocycles. The third-order valence-corrected chi connectivity index (χ3v) is 4.36. The Hall–Kier alpha value is -1.07. The Bertz CT molecular complexity index is 456. The summed E-state index contributed by atoms with van der Waals surface area (Å²) < 4.78 is 0.762. The monoisotopic (exact) mass is 339 g/mol. The van der Waals surface area contributed by atoms with Crippen LogP contribution in [0.1, 0.15) is 36.0 Å². The summed E-state index contributed by atoms with van der Waals surface area (Å²) in [6.45, 7) is 3.94. The molecule has 0 saturated carbocycles. The van der Waals surface area contributed by atoms with Crippen LogP contribution >= 0.6 is 15.9 Å². The fourth-order valence-corrected chi connectivity index (χ4v) is 2.84. The summed E-state index contributed by atoms with van der Waals surface area (Å²) in [4.78, 5) is 14.5. The first-order valence-electron chi connectivity index (χ1n) is 7.22. The van der Waals surface area contributed by atoms with Crippen LogP contribution in [0, 0.1) is 0 Å². The van der Waals surface area contributed by atoms with Gasteiger partial charge in [-0.2, -0.15) is 0 Å². The second kappa shape index (κ2) is 7.64. The molecule has 4 nitrogen and oxygen atoms in total. The van der Waals surface area contributed by atoms with E-state index in [4.69, 9.17) is 5.73 Å². The van der Waals surface area contributed by atoms with Crippen molar-refractivity contribution in [3.8, 4) is 0 Å². The molecule has 1 aromatic rings. The number of nitrogens with two attached hydrogens (primary N) is 1. The van der Waals surface area contributed by atoms with Gasteiger partial charge in [-0.05, 0) is 60.1 Å². The number of anilines is 1. The van der Waals surface area contributed by atoms with Gasteiger partial charge in [-0.3, -0.25) is 4.79 Å². The molecule has 0 radical (unpaired) electrons. The number of halogens is 1. The summed E-state index contributed by atoms with van der Waals surface area (Å²) in [6, 6.07) is 5.26. The molecule has 1 aliphatic rings. The Morgan fingerprint density at radius 2 is 1.95 bits per heavy atom. The molecule has 1 fully saturated rings. The van der Waals surface area contributed by atoms with Crippen molar-refractivity contribution in [2.45, 2.75) is 25.7 Å². The number of benzene rings is 1. The first-order chi connectivity index (χ1) is 9.66. The molecule has 1 amide bonds. The van der Waals surface area contributed by atoms with E-state index < -0.39 is 0 Å². The molecule has 1 aliphatic heterocycles. The number of nitrogens with zero attached hydrogens (tertiary/aromatic N) is 1. The van der Waals surface area contributed by atoms with Crippen molar-refractivity contribution < 1.29 is 4.79 Å². The number of carbonyl (C=O) groups is 1. The topological polar surface area (TPSA) is 58.4 Å². The number of amides is 1. The maximum Gasteiger partial charge on any atom is 0.251 e. The van der Waals surface area contributed by atoms with E-state index in [-0.39, 0.29) is 5.91 Å². The largest absolute Gasteiger partial charge is 0.398 e. The van der Waals surface area contributed by atoms with Crippen molar-refractivity contribution in [1.82, 2.24) is 10.2 Å². The number of carbonyl (C=O) groups excluding carboxylic acids is 1. The first kappa shape index (κ1) is 15.3. The van der Waals surface area contributed by atoms with Crippen LogP contribution in [0.15, 0.2) is 22.7 Å². The van der Waals surface area contributed by atoms with E-state index in [1.807, 2.05) is 0 Å². The van der Waals surface area contributed by atoms with Crippen LogP contribution in [0.5, 0.6) is 0 Å². The van der Waals surface area contributed by atoms with Crippen LogP contribution in [0.3, 0.4) is 0 Å². The van der Waals surface area contributed by atoms with Crippen molar-refractivity contribution in [3.05, 3.63) is 28.2 Å². The van der Waals surface area contributed by atoms with Gasteiger partial charge in [0.05, 0.1) is 0 Å². The number of hydrogen-bond acceptors (Lipinski definition) is 3. The highest BCUT2D eigenvalue weighted by Crippen LogP contribution is 2.20. The zero-order valence-corrected chi connectivity index (χ0v) is 13.3. The van der Waals surface area contributed by atoms with E-state index >= 15 is 0 Å². The lowest BCUT2D eigenvalue weighted by atomic mass is 10.2. The predicted octanol–water partition coefficient (Wildman–Crippen LogP) is 2.64. The minimum atomic E-state index is -0.0412. The summed E-state index contributed by atoms with van der Waals surface area (Å²) in [6.07, 6.45) is 5.22. The van der Waals surface area contributed by atoms with Crippen LogP contribution in [0.25, 0.3) is 0 Å². The summed E-state index contributed by atoms with van der Waals surface area (Å²) in [5, 5.41) is 2.97. The Balaban J connectivity index is 1.78. The zero-order chi connectivity index (χ0) is 14.4. The maximum absolute atomic E-state index is 12.0. The highest BCUT2D eigenvalue weighted by atomic mass is 79.9. The van der Waals surface area contributed by atoms with Crippen molar-refractivity contribution >= 4 is 27.5 Å². The Morgan fingerprint density at radius 3 is 2.60 bits per heavy atom. The smallest absolute Gasteiger partial charge is 0.251 e. The molecule has 0 bridgehead atoms. The van der Waals surface area contributed by atoms with Gasteiger partial charge < -0.3 is 16.0 Å². The van der Waals surface area contributed by atoms with Gasteiger partial charge in [0.1, 0.15) is 0 Å². The quantitative estimate of drug-likeness (QED) is 0.829. The average Bonchev–Trinajstić information content (AvgIpc) is 2.70. The van der Waals surface area contributed by atoms with E-state index in [0.29, 0.717) is 17.8 Å². The Labute approximate surface area is 128 Å². The Morgan fingerprint density at radius 1 is 1.25 bits per heavy atom. The third kappa shape index (κ3) is 4.49. The van der Waals surface area contributed by atoms with E-state index in [1.165, 1.54) is 25.7 Å². The molecule has 2 rings (SSSR count). The molecule has 20 heavy (non-hydrogen) atoms. The van der Waals surface area contributed by atoms with Gasteiger partial charge >= 0.3 is 0 Å². The molecule has 0 unspecified atom stereocenters. The lowest BCUT2D eigenvalue weighted by Crippen LogP contribution is -2.35. The lowest BCUT2D eigenvalue weighted by molar-refractivity contribution is 0.0948. The molecular formula is C15H22BrN3O. The highest BCUT2D eigenvalue weighted by Gasteiger charge is 2.10. The summed E-state index contributed by atoms with van der Waals surface area (Å²) >= 11 is 3.34. The van der Waals surface area contributed by atoms with Crippen molar-refractivity contribution in [3.63, 3.8) is 0 Å². The van der Waals surface area contributed by atoms with Crippen LogP contribution in [-0.2, 0) is 0 Å². The molecule has 0 spiro atoms. The number of nitrogens with one attached hydrogen (secondary N) is 1. The molecule has 5 heteroatoms. The van der Waals surface area contributed by atoms with E-state index in [9.17, 15) is 4.79 Å². The van der Waals surface area contributed by atoms with Gasteiger partial charge in [0.2, 0.25) is 0 Å². The van der Waals surface area contributed by atoms with Crippen molar-refractivity contribution in [2.24, 2.45) is 0 Å². The molecule has 0 aliphatic carbocycles. The van der Waals surface area contributed by atoms with Crippen LogP contribution in [0.2, 0.25) is 0 Å². The Kier molecular flexibility index (Phi) is 5.86. The van der Waals surface area contributed by atoms with Gasteiger partial charge in [-0.15, -0.1) is 0 Å². The SMILES string of the molecule is Nc1ccc(C(=O)NCCN2CCCCCC2)cc1Br. The predicted molar refractivity (Wildman–Crippen MR) is 85.8 cm³/mol. The summed E-state index contributed by atoms with van der Waals surface area (Å²) in [5.41, 5.74) is 7.00. The molecule has 1 aromatic carbocycles. The minimum Gasteiger partial charge on any atom is -0.398 e. The number of rotatable bonds is 4. The van der Waals surface area contributed by atoms with E-state index in [0.717, 1.165) is 24.1 Å².